The van der Waals surface area contributed by atoms with Gasteiger partial charge in [0.05, 0.1) is 4.47 Å². The molecule has 1 atom stereocenters. The van der Waals surface area contributed by atoms with Gasteiger partial charge in [0, 0.05) is 16.6 Å². The lowest BCUT2D eigenvalue weighted by Crippen LogP contribution is -2.18. The van der Waals surface area contributed by atoms with E-state index in [0.717, 1.165) is 10.0 Å². The van der Waals surface area contributed by atoms with Crippen LogP contribution in [-0.4, -0.2) is 6.04 Å². The maximum Gasteiger partial charge on any atom is 0.141 e. The number of hydrogen-bond acceptors (Lipinski definition) is 2. The average Bonchev–Trinajstić information content (AvgIpc) is 2.37. The zero-order valence-corrected chi connectivity index (χ0v) is 14.0. The van der Waals surface area contributed by atoms with E-state index in [1.165, 1.54) is 6.07 Å². The summed E-state index contributed by atoms with van der Waals surface area (Å²) in [5.41, 5.74) is 6.83. The minimum atomic E-state index is -0.355. The molecule has 2 rings (SSSR count). The Labute approximate surface area is 134 Å². The smallest absolute Gasteiger partial charge is 0.141 e. The van der Waals surface area contributed by atoms with Gasteiger partial charge in [0.2, 0.25) is 0 Å². The predicted octanol–water partition coefficient (Wildman–Crippen LogP) is 5.03. The summed E-state index contributed by atoms with van der Waals surface area (Å²) in [6, 6.07) is 10.5. The van der Waals surface area contributed by atoms with E-state index in [1.807, 2.05) is 25.1 Å². The standard InChI is InChI=1S/C15H14Br2FNO/c1-9(19)6-10-2-3-11(16)7-15(10)20-12-4-5-13(17)14(18)8-12/h2-5,7-9H,6,19H2,1H3. The Morgan fingerprint density at radius 3 is 2.60 bits per heavy atom. The molecule has 0 saturated heterocycles. The molecule has 0 radical (unpaired) electrons. The molecule has 2 aromatic carbocycles. The topological polar surface area (TPSA) is 35.2 Å². The minimum absolute atomic E-state index is 0.0279. The van der Waals surface area contributed by atoms with Crippen LogP contribution in [0.15, 0.2) is 45.3 Å². The van der Waals surface area contributed by atoms with Gasteiger partial charge in [0.15, 0.2) is 0 Å². The first-order valence-electron chi connectivity index (χ1n) is 6.12. The van der Waals surface area contributed by atoms with Crippen molar-refractivity contribution < 1.29 is 9.13 Å². The number of benzene rings is 2. The van der Waals surface area contributed by atoms with Gasteiger partial charge in [-0.25, -0.2) is 4.39 Å². The summed E-state index contributed by atoms with van der Waals surface area (Å²) in [7, 11) is 0. The Kier molecular flexibility index (Phi) is 5.18. The molecule has 106 valence electrons. The van der Waals surface area contributed by atoms with E-state index in [0.29, 0.717) is 22.4 Å². The third kappa shape index (κ3) is 4.04. The average molecular weight is 403 g/mol. The zero-order valence-electron chi connectivity index (χ0n) is 10.9. The second kappa shape index (κ2) is 6.70. The molecule has 1 unspecified atom stereocenters. The monoisotopic (exact) mass is 401 g/mol. The Hall–Kier alpha value is -0.910. The summed E-state index contributed by atoms with van der Waals surface area (Å²) < 4.78 is 20.6. The van der Waals surface area contributed by atoms with Gasteiger partial charge in [-0.1, -0.05) is 22.0 Å². The fraction of sp³-hybridized carbons (Fsp3) is 0.200. The van der Waals surface area contributed by atoms with Gasteiger partial charge < -0.3 is 10.5 Å². The lowest BCUT2D eigenvalue weighted by molar-refractivity contribution is 0.467. The molecule has 0 amide bonds. The third-order valence-corrected chi connectivity index (χ3v) is 3.83. The SMILES string of the molecule is CC(N)Cc1ccc(Br)cc1Oc1ccc(Br)c(F)c1. The first-order chi connectivity index (χ1) is 9.45. The first kappa shape index (κ1) is 15.5. The Morgan fingerprint density at radius 1 is 1.20 bits per heavy atom. The van der Waals surface area contributed by atoms with Gasteiger partial charge >= 0.3 is 0 Å². The summed E-state index contributed by atoms with van der Waals surface area (Å²) in [6.45, 7) is 1.94. The number of rotatable bonds is 4. The molecule has 0 aliphatic heterocycles. The lowest BCUT2D eigenvalue weighted by Gasteiger charge is -2.13. The number of halogens is 3. The molecule has 0 saturated carbocycles. The van der Waals surface area contributed by atoms with Crippen LogP contribution in [-0.2, 0) is 6.42 Å². The Balaban J connectivity index is 2.31. The van der Waals surface area contributed by atoms with E-state index in [2.05, 4.69) is 31.9 Å². The zero-order chi connectivity index (χ0) is 14.7. The van der Waals surface area contributed by atoms with Crippen molar-refractivity contribution in [3.8, 4) is 11.5 Å². The van der Waals surface area contributed by atoms with Crippen molar-refractivity contribution in [3.05, 3.63) is 56.7 Å². The fourth-order valence-electron chi connectivity index (χ4n) is 1.81. The quantitative estimate of drug-likeness (QED) is 0.777. The van der Waals surface area contributed by atoms with Gasteiger partial charge in [0.1, 0.15) is 17.3 Å². The molecule has 2 aromatic rings. The molecule has 0 heterocycles. The second-order valence-electron chi connectivity index (χ2n) is 4.61. The molecule has 0 aromatic heterocycles. The van der Waals surface area contributed by atoms with Crippen molar-refractivity contribution in [1.29, 1.82) is 0 Å². The van der Waals surface area contributed by atoms with E-state index >= 15 is 0 Å². The van der Waals surface area contributed by atoms with Crippen molar-refractivity contribution in [3.63, 3.8) is 0 Å². The van der Waals surface area contributed by atoms with E-state index < -0.39 is 0 Å². The largest absolute Gasteiger partial charge is 0.457 e. The molecular formula is C15H14Br2FNO. The first-order valence-corrected chi connectivity index (χ1v) is 7.71. The van der Waals surface area contributed by atoms with Crippen molar-refractivity contribution in [2.75, 3.05) is 0 Å². The summed E-state index contributed by atoms with van der Waals surface area (Å²) in [5.74, 6) is 0.777. The molecule has 0 aliphatic carbocycles. The minimum Gasteiger partial charge on any atom is -0.457 e. The third-order valence-electron chi connectivity index (χ3n) is 2.69. The van der Waals surface area contributed by atoms with Crippen LogP contribution in [0.1, 0.15) is 12.5 Å². The van der Waals surface area contributed by atoms with Crippen molar-refractivity contribution in [2.24, 2.45) is 5.73 Å². The molecule has 0 spiro atoms. The van der Waals surface area contributed by atoms with Crippen LogP contribution < -0.4 is 10.5 Å². The van der Waals surface area contributed by atoms with Crippen LogP contribution in [0, 0.1) is 5.82 Å². The summed E-state index contributed by atoms with van der Waals surface area (Å²) >= 11 is 6.53. The summed E-state index contributed by atoms with van der Waals surface area (Å²) in [5, 5.41) is 0. The Bertz CT molecular complexity index is 617. The lowest BCUT2D eigenvalue weighted by atomic mass is 10.1. The number of ether oxygens (including phenoxy) is 1. The van der Waals surface area contributed by atoms with E-state index in [9.17, 15) is 4.39 Å². The molecule has 20 heavy (non-hydrogen) atoms. The van der Waals surface area contributed by atoms with Crippen LogP contribution in [0.25, 0.3) is 0 Å². The highest BCUT2D eigenvalue weighted by Crippen LogP contribution is 2.31. The normalized spacial score (nSPS) is 12.2. The van der Waals surface area contributed by atoms with Gasteiger partial charge in [-0.05, 0) is 59.1 Å². The summed E-state index contributed by atoms with van der Waals surface area (Å²) in [4.78, 5) is 0. The van der Waals surface area contributed by atoms with Crippen LogP contribution in [0.4, 0.5) is 4.39 Å². The van der Waals surface area contributed by atoms with E-state index in [1.54, 1.807) is 12.1 Å². The predicted molar refractivity (Wildman–Crippen MR) is 85.7 cm³/mol. The highest BCUT2D eigenvalue weighted by molar-refractivity contribution is 9.10. The molecule has 0 bridgehead atoms. The van der Waals surface area contributed by atoms with Crippen LogP contribution in [0.5, 0.6) is 11.5 Å². The van der Waals surface area contributed by atoms with Crippen molar-refractivity contribution in [2.45, 2.75) is 19.4 Å². The van der Waals surface area contributed by atoms with E-state index in [4.69, 9.17) is 10.5 Å². The molecule has 2 nitrogen and oxygen atoms in total. The molecular weight excluding hydrogens is 389 g/mol. The second-order valence-corrected chi connectivity index (χ2v) is 6.38. The van der Waals surface area contributed by atoms with Gasteiger partial charge in [-0.2, -0.15) is 0 Å². The van der Waals surface area contributed by atoms with Crippen molar-refractivity contribution >= 4 is 31.9 Å². The van der Waals surface area contributed by atoms with Gasteiger partial charge in [0.25, 0.3) is 0 Å². The Morgan fingerprint density at radius 2 is 1.95 bits per heavy atom. The number of nitrogens with two attached hydrogens (primary N) is 1. The van der Waals surface area contributed by atoms with E-state index in [-0.39, 0.29) is 11.9 Å². The fourth-order valence-corrected chi connectivity index (χ4v) is 2.39. The highest BCUT2D eigenvalue weighted by Gasteiger charge is 2.09. The number of hydrogen-bond donors (Lipinski definition) is 1. The van der Waals surface area contributed by atoms with Crippen LogP contribution in [0.3, 0.4) is 0 Å². The molecule has 5 heteroatoms. The molecule has 0 fully saturated rings. The van der Waals surface area contributed by atoms with Crippen LogP contribution >= 0.6 is 31.9 Å². The van der Waals surface area contributed by atoms with Crippen molar-refractivity contribution in [1.82, 2.24) is 0 Å². The maximum atomic E-state index is 13.5. The van der Waals surface area contributed by atoms with Gasteiger partial charge in [-0.15, -0.1) is 0 Å². The van der Waals surface area contributed by atoms with Gasteiger partial charge in [-0.3, -0.25) is 0 Å². The summed E-state index contributed by atoms with van der Waals surface area (Å²) in [6.07, 6.45) is 0.696. The maximum absolute atomic E-state index is 13.5. The molecule has 0 aliphatic rings. The molecule has 2 N–H and O–H groups in total. The van der Waals surface area contributed by atoms with Crippen LogP contribution in [0.2, 0.25) is 0 Å². The highest BCUT2D eigenvalue weighted by atomic mass is 79.9.